The van der Waals surface area contributed by atoms with Gasteiger partial charge in [-0.3, -0.25) is 14.8 Å². The highest BCUT2D eigenvalue weighted by molar-refractivity contribution is 8.27. The summed E-state index contributed by atoms with van der Waals surface area (Å²) in [5, 5.41) is 29.0. The maximum absolute atomic E-state index is 12.2. The van der Waals surface area contributed by atoms with Gasteiger partial charge in [0, 0.05) is 0 Å². The quantitative estimate of drug-likeness (QED) is 0.337. The molecule has 0 bridgehead atoms. The Kier molecular flexibility index (Phi) is 5.25. The van der Waals surface area contributed by atoms with Crippen LogP contribution in [0.3, 0.4) is 0 Å². The van der Waals surface area contributed by atoms with Crippen LogP contribution in [0.4, 0.5) is 0 Å². The number of aromatic amines is 1. The number of thiophene rings is 1. The summed E-state index contributed by atoms with van der Waals surface area (Å²) in [6.45, 7) is 1.55. The number of nitrogens with one attached hydrogen (secondary N) is 1. The Labute approximate surface area is 170 Å². The van der Waals surface area contributed by atoms with Gasteiger partial charge in [-0.05, 0) is 18.4 Å². The maximum Gasteiger partial charge on any atom is 0.354 e. The number of carboxylic acids is 1. The Balaban J connectivity index is 1.41. The van der Waals surface area contributed by atoms with E-state index < -0.39 is 18.0 Å². The zero-order valence-electron chi connectivity index (χ0n) is 13.9. The number of hydrogen-bond donors (Lipinski definition) is 3. The smallest absolute Gasteiger partial charge is 0.354 e. The second kappa shape index (κ2) is 7.51. The molecule has 0 radical (unpaired) electrons. The monoisotopic (exact) mass is 442 g/mol. The third-order valence-corrected chi connectivity index (χ3v) is 8.58. The van der Waals surface area contributed by atoms with Crippen LogP contribution in [0.25, 0.3) is 10.7 Å². The molecule has 2 aromatic rings. The van der Waals surface area contributed by atoms with Crippen molar-refractivity contribution < 1.29 is 19.8 Å². The summed E-state index contributed by atoms with van der Waals surface area (Å²) in [4.78, 5) is 30.5. The molecule has 2 aliphatic rings. The van der Waals surface area contributed by atoms with Crippen molar-refractivity contribution in [1.82, 2.24) is 20.1 Å². The van der Waals surface area contributed by atoms with Gasteiger partial charge in [0.05, 0.1) is 26.2 Å². The molecule has 1 fully saturated rings. The van der Waals surface area contributed by atoms with E-state index in [2.05, 4.69) is 15.2 Å². The minimum Gasteiger partial charge on any atom is -0.477 e. The predicted octanol–water partition coefficient (Wildman–Crippen LogP) is 2.48. The molecule has 3 atom stereocenters. The summed E-state index contributed by atoms with van der Waals surface area (Å²) >= 11 is 5.62. The van der Waals surface area contributed by atoms with Crippen molar-refractivity contribution in [3.8, 4) is 10.7 Å². The van der Waals surface area contributed by atoms with Crippen molar-refractivity contribution in [2.45, 2.75) is 23.6 Å². The number of aliphatic carboxylic acids is 1. The summed E-state index contributed by atoms with van der Waals surface area (Å²) in [6.07, 6.45) is -0.802. The Morgan fingerprint density at radius 3 is 2.96 bits per heavy atom. The highest BCUT2D eigenvalue weighted by Crippen LogP contribution is 2.54. The van der Waals surface area contributed by atoms with Crippen LogP contribution >= 0.6 is 46.6 Å². The van der Waals surface area contributed by atoms with Crippen molar-refractivity contribution in [2.24, 2.45) is 5.92 Å². The highest BCUT2D eigenvalue weighted by Gasteiger charge is 2.57. The average molecular weight is 443 g/mol. The van der Waals surface area contributed by atoms with E-state index in [-0.39, 0.29) is 17.0 Å². The fourth-order valence-corrected chi connectivity index (χ4v) is 7.48. The molecule has 12 heteroatoms. The fraction of sp³-hybridized carbons (Fsp3) is 0.333. The molecule has 0 unspecified atom stereocenters. The average Bonchev–Trinajstić information content (AvgIpc) is 3.32. The summed E-state index contributed by atoms with van der Waals surface area (Å²) in [6, 6.07) is 3.89. The molecule has 8 nitrogen and oxygen atoms in total. The minimum absolute atomic E-state index is 0.00626. The molecule has 1 saturated heterocycles. The van der Waals surface area contributed by atoms with Crippen molar-refractivity contribution in [1.29, 1.82) is 0 Å². The maximum atomic E-state index is 12.2. The van der Waals surface area contributed by atoms with E-state index in [0.29, 0.717) is 20.3 Å². The molecule has 1 amide bonds. The third-order valence-electron chi connectivity index (χ3n) is 4.07. The molecule has 2 aliphatic heterocycles. The second-order valence-electron chi connectivity index (χ2n) is 5.77. The largest absolute Gasteiger partial charge is 0.477 e. The number of thioether (sulfide) groups is 3. The van der Waals surface area contributed by atoms with Crippen LogP contribution in [0.5, 0.6) is 0 Å². The number of aliphatic hydroxyl groups excluding tert-OH is 1. The van der Waals surface area contributed by atoms with Crippen LogP contribution in [0, 0.1) is 5.92 Å². The first-order chi connectivity index (χ1) is 13.0. The molecule has 142 valence electrons. The standard InChI is InChI=1S/C15H14N4O4S4/c1-6(20)8-11(21)19-9(13(22)23)14(27-12(8)19)25-5-26-15-16-10(17-18-15)7-3-2-4-24-7/h2-4,6,8,12,20H,5H2,1H3,(H,22,23)(H,16,17,18)/t6-,8+,12-/m1/s1. The Morgan fingerprint density at radius 1 is 1.48 bits per heavy atom. The van der Waals surface area contributed by atoms with Crippen LogP contribution < -0.4 is 0 Å². The number of aromatic nitrogens is 3. The van der Waals surface area contributed by atoms with Crippen molar-refractivity contribution in [3.63, 3.8) is 0 Å². The summed E-state index contributed by atoms with van der Waals surface area (Å²) in [7, 11) is 0. The number of nitrogens with zero attached hydrogens (tertiary/aromatic N) is 3. The Morgan fingerprint density at radius 2 is 2.30 bits per heavy atom. The number of carbonyl (C=O) groups is 2. The van der Waals surface area contributed by atoms with Gasteiger partial charge in [-0.1, -0.05) is 29.6 Å². The zero-order valence-corrected chi connectivity index (χ0v) is 17.1. The number of carbonyl (C=O) groups excluding carboxylic acids is 1. The van der Waals surface area contributed by atoms with E-state index in [0.717, 1.165) is 4.88 Å². The number of aliphatic hydroxyl groups is 1. The molecule has 0 aliphatic carbocycles. The van der Waals surface area contributed by atoms with Gasteiger partial charge in [-0.25, -0.2) is 9.78 Å². The van der Waals surface area contributed by atoms with E-state index in [1.807, 2.05) is 17.5 Å². The number of H-pyrrole nitrogens is 1. The van der Waals surface area contributed by atoms with Gasteiger partial charge < -0.3 is 10.2 Å². The normalized spacial score (nSPS) is 22.7. The molecule has 0 aromatic carbocycles. The highest BCUT2D eigenvalue weighted by atomic mass is 32.2. The van der Waals surface area contributed by atoms with E-state index in [4.69, 9.17) is 0 Å². The lowest BCUT2D eigenvalue weighted by molar-refractivity contribution is -0.156. The van der Waals surface area contributed by atoms with Gasteiger partial charge in [0.15, 0.2) is 11.5 Å². The molecule has 4 rings (SSSR count). The topological polar surface area (TPSA) is 119 Å². The van der Waals surface area contributed by atoms with E-state index in [1.165, 1.54) is 40.2 Å². The first-order valence-corrected chi connectivity index (χ1v) is 11.6. The van der Waals surface area contributed by atoms with Crippen molar-refractivity contribution >= 4 is 58.5 Å². The fourth-order valence-electron chi connectivity index (χ4n) is 2.82. The van der Waals surface area contributed by atoms with Gasteiger partial charge in [0.1, 0.15) is 5.37 Å². The van der Waals surface area contributed by atoms with Crippen LogP contribution in [0.1, 0.15) is 6.92 Å². The Bertz CT molecular complexity index is 911. The summed E-state index contributed by atoms with van der Waals surface area (Å²) in [5.41, 5.74) is 0.00626. The second-order valence-corrected chi connectivity index (χ2v) is 10.4. The van der Waals surface area contributed by atoms with Crippen LogP contribution in [-0.4, -0.2) is 58.7 Å². The van der Waals surface area contributed by atoms with E-state index >= 15 is 0 Å². The zero-order chi connectivity index (χ0) is 19.1. The number of β-lactam (4-membered cyclic amide) rings is 1. The first-order valence-electron chi connectivity index (χ1n) is 7.84. The summed E-state index contributed by atoms with van der Waals surface area (Å²) in [5.74, 6) is -1.32. The van der Waals surface area contributed by atoms with E-state index in [1.54, 1.807) is 18.3 Å². The molecule has 27 heavy (non-hydrogen) atoms. The van der Waals surface area contributed by atoms with Crippen LogP contribution in [-0.2, 0) is 9.59 Å². The van der Waals surface area contributed by atoms with Crippen LogP contribution in [0.2, 0.25) is 0 Å². The SMILES string of the molecule is C[C@@H](O)[C@H]1C(=O)N2C(C(=O)O)=C(SCSc3n[nH]c(-c4cccs4)n3)S[C@H]12. The van der Waals surface area contributed by atoms with Gasteiger partial charge in [0.25, 0.3) is 0 Å². The van der Waals surface area contributed by atoms with Crippen molar-refractivity contribution in [3.05, 3.63) is 27.4 Å². The number of fused-ring (bicyclic) bond motifs is 1. The van der Waals surface area contributed by atoms with Crippen LogP contribution in [0.15, 0.2) is 32.6 Å². The molecule has 3 N–H and O–H groups in total. The minimum atomic E-state index is -1.13. The molecular formula is C15H14N4O4S4. The van der Waals surface area contributed by atoms with Gasteiger partial charge >= 0.3 is 5.97 Å². The molecule has 2 aromatic heterocycles. The third kappa shape index (κ3) is 3.40. The Hall–Kier alpha value is -1.47. The number of hydrogen-bond acceptors (Lipinski definition) is 9. The van der Waals surface area contributed by atoms with Gasteiger partial charge in [-0.2, -0.15) is 0 Å². The number of rotatable bonds is 7. The molecular weight excluding hydrogens is 428 g/mol. The van der Waals surface area contributed by atoms with E-state index in [9.17, 15) is 19.8 Å². The molecule has 0 spiro atoms. The molecule has 4 heterocycles. The lowest BCUT2D eigenvalue weighted by atomic mass is 9.92. The summed E-state index contributed by atoms with van der Waals surface area (Å²) < 4.78 is 0.575. The van der Waals surface area contributed by atoms with Crippen molar-refractivity contribution in [2.75, 3.05) is 5.08 Å². The van der Waals surface area contributed by atoms with Gasteiger partial charge in [0.2, 0.25) is 11.1 Å². The predicted molar refractivity (Wildman–Crippen MR) is 106 cm³/mol. The first kappa shape index (κ1) is 18.9. The number of amides is 1. The molecule has 0 saturated carbocycles. The van der Waals surface area contributed by atoms with Gasteiger partial charge in [-0.15, -0.1) is 28.2 Å². The lowest BCUT2D eigenvalue weighted by Gasteiger charge is -2.43. The number of carboxylic acid groups (broad SMARTS) is 1. The lowest BCUT2D eigenvalue weighted by Crippen LogP contribution is -2.60.